The summed E-state index contributed by atoms with van der Waals surface area (Å²) in [6, 6.07) is 5.31. The van der Waals surface area contributed by atoms with E-state index in [2.05, 4.69) is 4.98 Å². The second-order valence-corrected chi connectivity index (χ2v) is 4.21. The predicted octanol–water partition coefficient (Wildman–Crippen LogP) is 0.991. The number of nitrogen functional groups attached to an aromatic ring is 1. The summed E-state index contributed by atoms with van der Waals surface area (Å²) in [5.74, 6) is -0.617. The number of fused-ring (bicyclic) bond motifs is 1. The van der Waals surface area contributed by atoms with Gasteiger partial charge in [0.15, 0.2) is 5.58 Å². The first-order valence-corrected chi connectivity index (χ1v) is 5.77. The van der Waals surface area contributed by atoms with Crippen LogP contribution in [0.25, 0.3) is 11.1 Å². The summed E-state index contributed by atoms with van der Waals surface area (Å²) >= 11 is 0. The van der Waals surface area contributed by atoms with E-state index in [9.17, 15) is 9.59 Å². The van der Waals surface area contributed by atoms with E-state index in [1.54, 1.807) is 18.2 Å². The van der Waals surface area contributed by atoms with Crippen molar-refractivity contribution in [2.24, 2.45) is 0 Å². The number of anilines is 1. The summed E-state index contributed by atoms with van der Waals surface area (Å²) in [6.07, 6.45) is 0.412. The van der Waals surface area contributed by atoms with Crippen LogP contribution >= 0.6 is 0 Å². The molecular formula is C12H11N3O4. The Kier molecular flexibility index (Phi) is 2.68. The third-order valence-corrected chi connectivity index (χ3v) is 2.83. The van der Waals surface area contributed by atoms with Crippen LogP contribution in [0.1, 0.15) is 18.4 Å². The van der Waals surface area contributed by atoms with E-state index in [1.807, 2.05) is 0 Å². The molecule has 0 atom stereocenters. The first kappa shape index (κ1) is 11.7. The van der Waals surface area contributed by atoms with Gasteiger partial charge in [-0.05, 0) is 17.7 Å². The molecule has 2 N–H and O–H groups in total. The summed E-state index contributed by atoms with van der Waals surface area (Å²) in [7, 11) is 0. The molecule has 2 amide bonds. The lowest BCUT2D eigenvalue weighted by molar-refractivity contribution is -0.191. The number of carbonyl (C=O) groups excluding carboxylic acids is 2. The SMILES string of the molecule is Nc1nc2cc(CON3C(=O)CCC3=O)ccc2o1. The van der Waals surface area contributed by atoms with Gasteiger partial charge in [-0.15, -0.1) is 0 Å². The zero-order valence-corrected chi connectivity index (χ0v) is 9.96. The molecule has 1 aromatic heterocycles. The van der Waals surface area contributed by atoms with E-state index in [-0.39, 0.29) is 37.3 Å². The molecule has 1 aromatic carbocycles. The van der Waals surface area contributed by atoms with Crippen LogP contribution in [0.2, 0.25) is 0 Å². The fraction of sp³-hybridized carbons (Fsp3) is 0.250. The highest BCUT2D eigenvalue weighted by Crippen LogP contribution is 2.20. The van der Waals surface area contributed by atoms with Gasteiger partial charge < -0.3 is 10.2 Å². The third kappa shape index (κ3) is 2.15. The van der Waals surface area contributed by atoms with Crippen molar-refractivity contribution < 1.29 is 18.8 Å². The van der Waals surface area contributed by atoms with Gasteiger partial charge in [0.2, 0.25) is 0 Å². The average Bonchev–Trinajstić information content (AvgIpc) is 2.89. The highest BCUT2D eigenvalue weighted by atomic mass is 16.7. The normalized spacial score (nSPS) is 15.7. The van der Waals surface area contributed by atoms with Crippen LogP contribution in [0.3, 0.4) is 0 Å². The van der Waals surface area contributed by atoms with E-state index >= 15 is 0 Å². The van der Waals surface area contributed by atoms with Crippen molar-refractivity contribution in [3.63, 3.8) is 0 Å². The summed E-state index contributed by atoms with van der Waals surface area (Å²) in [6.45, 7) is 0.111. The van der Waals surface area contributed by atoms with E-state index in [1.165, 1.54) is 0 Å². The number of imide groups is 1. The number of oxazole rings is 1. The molecule has 2 aromatic rings. The van der Waals surface area contributed by atoms with Crippen molar-refractivity contribution in [3.8, 4) is 0 Å². The van der Waals surface area contributed by atoms with Crippen LogP contribution in [-0.4, -0.2) is 21.9 Å². The van der Waals surface area contributed by atoms with Gasteiger partial charge in [0.1, 0.15) is 12.1 Å². The molecule has 0 saturated carbocycles. The maximum absolute atomic E-state index is 11.4. The second-order valence-electron chi connectivity index (χ2n) is 4.21. The lowest BCUT2D eigenvalue weighted by Gasteiger charge is -2.12. The number of benzene rings is 1. The number of aromatic nitrogens is 1. The van der Waals surface area contributed by atoms with Crippen LogP contribution in [0.15, 0.2) is 22.6 Å². The lowest BCUT2D eigenvalue weighted by atomic mass is 10.2. The molecule has 1 saturated heterocycles. The van der Waals surface area contributed by atoms with E-state index in [0.29, 0.717) is 11.1 Å². The zero-order chi connectivity index (χ0) is 13.4. The Morgan fingerprint density at radius 3 is 2.79 bits per heavy atom. The Morgan fingerprint density at radius 2 is 2.05 bits per heavy atom. The van der Waals surface area contributed by atoms with Crippen molar-refractivity contribution in [2.45, 2.75) is 19.4 Å². The van der Waals surface area contributed by atoms with Crippen molar-refractivity contribution in [3.05, 3.63) is 23.8 Å². The number of nitrogens with zero attached hydrogens (tertiary/aromatic N) is 2. The van der Waals surface area contributed by atoms with Crippen LogP contribution in [0, 0.1) is 0 Å². The fourth-order valence-corrected chi connectivity index (χ4v) is 1.92. The number of carbonyl (C=O) groups is 2. The van der Waals surface area contributed by atoms with Crippen LogP contribution in [0.5, 0.6) is 0 Å². The molecule has 2 heterocycles. The standard InChI is InChI=1S/C12H11N3O4/c13-12-14-8-5-7(1-2-9(8)19-12)6-18-15-10(16)3-4-11(15)17/h1-2,5H,3-4,6H2,(H2,13,14). The first-order chi connectivity index (χ1) is 9.13. The predicted molar refractivity (Wildman–Crippen MR) is 64.3 cm³/mol. The van der Waals surface area contributed by atoms with Gasteiger partial charge in [0, 0.05) is 12.8 Å². The summed E-state index contributed by atoms with van der Waals surface area (Å²) in [4.78, 5) is 31.9. The number of hydrogen-bond donors (Lipinski definition) is 1. The Hall–Kier alpha value is -2.41. The number of nitrogens with two attached hydrogens (primary N) is 1. The summed E-state index contributed by atoms with van der Waals surface area (Å²) in [5, 5.41) is 0.821. The summed E-state index contributed by atoms with van der Waals surface area (Å²) in [5.41, 5.74) is 7.40. The van der Waals surface area contributed by atoms with Gasteiger partial charge in [-0.1, -0.05) is 6.07 Å². The van der Waals surface area contributed by atoms with Crippen LogP contribution in [-0.2, 0) is 21.0 Å². The molecule has 0 spiro atoms. The van der Waals surface area contributed by atoms with E-state index in [0.717, 1.165) is 10.6 Å². The van der Waals surface area contributed by atoms with Crippen molar-refractivity contribution in [1.82, 2.24) is 10.0 Å². The molecule has 0 unspecified atom stereocenters. The molecule has 0 bridgehead atoms. The van der Waals surface area contributed by atoms with E-state index in [4.69, 9.17) is 15.0 Å². The van der Waals surface area contributed by atoms with Crippen molar-refractivity contribution >= 4 is 28.9 Å². The van der Waals surface area contributed by atoms with Gasteiger partial charge in [-0.3, -0.25) is 14.4 Å². The van der Waals surface area contributed by atoms with Gasteiger partial charge in [-0.2, -0.15) is 10.0 Å². The average molecular weight is 261 g/mol. The molecular weight excluding hydrogens is 250 g/mol. The van der Waals surface area contributed by atoms with Crippen LogP contribution < -0.4 is 5.73 Å². The second kappa shape index (κ2) is 4.36. The Bertz CT molecular complexity index is 648. The smallest absolute Gasteiger partial charge is 0.292 e. The largest absolute Gasteiger partial charge is 0.424 e. The van der Waals surface area contributed by atoms with Gasteiger partial charge in [0.05, 0.1) is 0 Å². The number of amides is 2. The minimum Gasteiger partial charge on any atom is -0.424 e. The molecule has 3 rings (SSSR count). The molecule has 19 heavy (non-hydrogen) atoms. The zero-order valence-electron chi connectivity index (χ0n) is 9.96. The van der Waals surface area contributed by atoms with Crippen molar-refractivity contribution in [1.29, 1.82) is 0 Å². The fourth-order valence-electron chi connectivity index (χ4n) is 1.92. The lowest BCUT2D eigenvalue weighted by Crippen LogP contribution is -2.28. The van der Waals surface area contributed by atoms with Gasteiger partial charge in [-0.25, -0.2) is 0 Å². The number of hydroxylamine groups is 2. The highest BCUT2D eigenvalue weighted by molar-refractivity contribution is 6.00. The summed E-state index contributed by atoms with van der Waals surface area (Å²) < 4.78 is 5.14. The molecule has 1 aliphatic heterocycles. The number of hydrogen-bond acceptors (Lipinski definition) is 6. The van der Waals surface area contributed by atoms with Crippen molar-refractivity contribution in [2.75, 3.05) is 5.73 Å². The first-order valence-electron chi connectivity index (χ1n) is 5.77. The monoisotopic (exact) mass is 261 g/mol. The maximum Gasteiger partial charge on any atom is 0.292 e. The minimum atomic E-state index is -0.309. The molecule has 7 nitrogen and oxygen atoms in total. The van der Waals surface area contributed by atoms with Crippen LogP contribution in [0.4, 0.5) is 6.01 Å². The minimum absolute atomic E-state index is 0.0953. The molecule has 1 fully saturated rings. The maximum atomic E-state index is 11.4. The Balaban J connectivity index is 1.74. The Labute approximate surface area is 107 Å². The van der Waals surface area contributed by atoms with Gasteiger partial charge in [0.25, 0.3) is 17.8 Å². The molecule has 1 aliphatic rings. The quantitative estimate of drug-likeness (QED) is 0.827. The molecule has 98 valence electrons. The van der Waals surface area contributed by atoms with Gasteiger partial charge >= 0.3 is 0 Å². The molecule has 0 radical (unpaired) electrons. The third-order valence-electron chi connectivity index (χ3n) is 2.83. The molecule has 0 aliphatic carbocycles. The number of rotatable bonds is 3. The Morgan fingerprint density at radius 1 is 1.32 bits per heavy atom. The topological polar surface area (TPSA) is 98.7 Å². The highest BCUT2D eigenvalue weighted by Gasteiger charge is 2.30. The molecule has 7 heteroatoms. The van der Waals surface area contributed by atoms with E-state index < -0.39 is 0 Å².